The highest BCUT2D eigenvalue weighted by Gasteiger charge is 2.33. The highest BCUT2D eigenvalue weighted by Crippen LogP contribution is 2.16. The smallest absolute Gasteiger partial charge is 0.326 e. The predicted molar refractivity (Wildman–Crippen MR) is 96.7 cm³/mol. The Morgan fingerprint density at radius 2 is 1.59 bits per heavy atom. The zero-order valence-electron chi connectivity index (χ0n) is 15.3. The molecule has 8 heteroatoms. The number of carbonyl (C=O) groups excluding carboxylic acids is 4. The average molecular weight is 373 g/mol. The van der Waals surface area contributed by atoms with E-state index in [0.717, 1.165) is 10.6 Å². The molecule has 144 valence electrons. The lowest BCUT2D eigenvalue weighted by molar-refractivity contribution is -0.162. The van der Waals surface area contributed by atoms with Gasteiger partial charge in [0.05, 0.1) is 0 Å². The van der Waals surface area contributed by atoms with E-state index in [9.17, 15) is 19.2 Å². The summed E-state index contributed by atoms with van der Waals surface area (Å²) in [6.45, 7) is 3.56. The monoisotopic (exact) mass is 373 g/mol. The highest BCUT2D eigenvalue weighted by atomic mass is 16.5. The fourth-order valence-corrected chi connectivity index (χ4v) is 3.29. The van der Waals surface area contributed by atoms with Gasteiger partial charge in [0, 0.05) is 44.7 Å². The number of piperazine rings is 1. The van der Waals surface area contributed by atoms with E-state index >= 15 is 0 Å². The summed E-state index contributed by atoms with van der Waals surface area (Å²) in [7, 11) is 0. The Hall–Kier alpha value is -2.90. The first-order chi connectivity index (χ1) is 13.0. The third-order valence-electron chi connectivity index (χ3n) is 4.81. The lowest BCUT2D eigenvalue weighted by Gasteiger charge is -2.37. The number of para-hydroxylation sites is 1. The molecule has 0 saturated carbocycles. The lowest BCUT2D eigenvalue weighted by Crippen LogP contribution is -2.52. The minimum atomic E-state index is -0.950. The molecule has 0 aliphatic carbocycles. The fourth-order valence-electron chi connectivity index (χ4n) is 3.29. The van der Waals surface area contributed by atoms with Crippen molar-refractivity contribution < 1.29 is 23.9 Å². The van der Waals surface area contributed by atoms with Crippen LogP contribution >= 0.6 is 0 Å². The van der Waals surface area contributed by atoms with Gasteiger partial charge in [-0.1, -0.05) is 18.2 Å². The molecule has 1 aromatic rings. The number of esters is 1. The van der Waals surface area contributed by atoms with E-state index in [4.69, 9.17) is 4.74 Å². The second kappa shape index (κ2) is 8.20. The summed E-state index contributed by atoms with van der Waals surface area (Å²) < 4.78 is 5.15. The first-order valence-corrected chi connectivity index (χ1v) is 9.07. The van der Waals surface area contributed by atoms with Crippen LogP contribution in [0.1, 0.15) is 19.8 Å². The first-order valence-electron chi connectivity index (χ1n) is 9.07. The summed E-state index contributed by atoms with van der Waals surface area (Å²) in [5, 5.41) is 0. The topological polar surface area (TPSA) is 87.2 Å². The second-order valence-electron chi connectivity index (χ2n) is 6.65. The molecule has 8 nitrogen and oxygen atoms in total. The quantitative estimate of drug-likeness (QED) is 0.549. The summed E-state index contributed by atoms with van der Waals surface area (Å²) in [6.07, 6.45) is -0.716. The number of anilines is 1. The third-order valence-corrected chi connectivity index (χ3v) is 4.81. The van der Waals surface area contributed by atoms with Crippen LogP contribution in [0.2, 0.25) is 0 Å². The van der Waals surface area contributed by atoms with Crippen LogP contribution in [0, 0.1) is 0 Å². The molecule has 0 spiro atoms. The molecule has 2 aliphatic heterocycles. The van der Waals surface area contributed by atoms with Gasteiger partial charge in [0.2, 0.25) is 11.8 Å². The van der Waals surface area contributed by atoms with Crippen LogP contribution in [-0.2, 0) is 23.9 Å². The van der Waals surface area contributed by atoms with Gasteiger partial charge in [-0.25, -0.2) is 0 Å². The number of hydrogen-bond acceptors (Lipinski definition) is 6. The van der Waals surface area contributed by atoms with Crippen LogP contribution in [-0.4, -0.2) is 72.3 Å². The van der Waals surface area contributed by atoms with Crippen LogP contribution < -0.4 is 4.90 Å². The Labute approximate surface area is 157 Å². The van der Waals surface area contributed by atoms with E-state index in [1.165, 1.54) is 6.92 Å². The molecule has 27 heavy (non-hydrogen) atoms. The van der Waals surface area contributed by atoms with Crippen molar-refractivity contribution in [3.05, 3.63) is 30.3 Å². The molecule has 0 bridgehead atoms. The maximum atomic E-state index is 12.5. The Balaban J connectivity index is 1.47. The Morgan fingerprint density at radius 1 is 1.00 bits per heavy atom. The Bertz CT molecular complexity index is 712. The van der Waals surface area contributed by atoms with E-state index < -0.39 is 18.6 Å². The van der Waals surface area contributed by atoms with Crippen molar-refractivity contribution in [2.75, 3.05) is 37.6 Å². The number of likely N-dealkylation sites (tertiary alicyclic amines) is 1. The molecule has 1 atom stereocenters. The largest absolute Gasteiger partial charge is 0.451 e. The second-order valence-corrected chi connectivity index (χ2v) is 6.65. The standard InChI is InChI=1S/C19H23N3O5/c1-14(27-18(25)13-22-16(23)7-8-17(22)24)19(26)21-11-9-20(10-12-21)15-5-3-2-4-6-15/h2-6,14H,7-13H2,1H3. The number of nitrogens with zero attached hydrogens (tertiary/aromatic N) is 3. The molecule has 3 amide bonds. The third kappa shape index (κ3) is 4.45. The summed E-state index contributed by atoms with van der Waals surface area (Å²) in [5.41, 5.74) is 1.11. The zero-order chi connectivity index (χ0) is 19.4. The van der Waals surface area contributed by atoms with Crippen molar-refractivity contribution in [1.82, 2.24) is 9.80 Å². The number of imide groups is 1. The fraction of sp³-hybridized carbons (Fsp3) is 0.474. The predicted octanol–water partition coefficient (Wildman–Crippen LogP) is 0.416. The number of ether oxygens (including phenoxy) is 1. The number of carbonyl (C=O) groups is 4. The van der Waals surface area contributed by atoms with Gasteiger partial charge < -0.3 is 14.5 Å². The van der Waals surface area contributed by atoms with E-state index in [2.05, 4.69) is 4.90 Å². The van der Waals surface area contributed by atoms with Crippen molar-refractivity contribution in [2.24, 2.45) is 0 Å². The van der Waals surface area contributed by atoms with Crippen molar-refractivity contribution in [2.45, 2.75) is 25.9 Å². The Kier molecular flexibility index (Phi) is 5.73. The van der Waals surface area contributed by atoms with Gasteiger partial charge in [-0.2, -0.15) is 0 Å². The highest BCUT2D eigenvalue weighted by molar-refractivity contribution is 6.04. The van der Waals surface area contributed by atoms with Gasteiger partial charge in [-0.15, -0.1) is 0 Å². The molecule has 1 unspecified atom stereocenters. The van der Waals surface area contributed by atoms with Gasteiger partial charge in [0.1, 0.15) is 6.54 Å². The maximum Gasteiger partial charge on any atom is 0.326 e. The maximum absolute atomic E-state index is 12.5. The van der Waals surface area contributed by atoms with Gasteiger partial charge in [-0.3, -0.25) is 24.1 Å². The van der Waals surface area contributed by atoms with Gasteiger partial charge in [0.15, 0.2) is 6.10 Å². The molecular formula is C19H23N3O5. The molecule has 2 heterocycles. The summed E-state index contributed by atoms with van der Waals surface area (Å²) >= 11 is 0. The summed E-state index contributed by atoms with van der Waals surface area (Å²) in [4.78, 5) is 52.4. The molecule has 1 aromatic carbocycles. The number of benzene rings is 1. The average Bonchev–Trinajstić information content (AvgIpc) is 3.00. The minimum Gasteiger partial charge on any atom is -0.451 e. The number of rotatable bonds is 5. The minimum absolute atomic E-state index is 0.117. The van der Waals surface area contributed by atoms with Crippen molar-refractivity contribution in [3.8, 4) is 0 Å². The zero-order valence-corrected chi connectivity index (χ0v) is 15.3. The number of amides is 3. The van der Waals surface area contributed by atoms with Gasteiger partial charge >= 0.3 is 5.97 Å². The van der Waals surface area contributed by atoms with Crippen LogP contribution in [0.3, 0.4) is 0 Å². The van der Waals surface area contributed by atoms with E-state index in [1.807, 2.05) is 30.3 Å². The molecule has 2 fully saturated rings. The summed E-state index contributed by atoms with van der Waals surface area (Å²) in [6, 6.07) is 9.97. The first kappa shape index (κ1) is 18.9. The normalized spacial score (nSPS) is 18.6. The number of hydrogen-bond donors (Lipinski definition) is 0. The molecule has 2 saturated heterocycles. The summed E-state index contributed by atoms with van der Waals surface area (Å²) in [5.74, 6) is -1.78. The molecule has 0 N–H and O–H groups in total. The van der Waals surface area contributed by atoms with Crippen LogP contribution in [0.15, 0.2) is 30.3 Å². The molecule has 3 rings (SSSR count). The Morgan fingerprint density at radius 3 is 2.19 bits per heavy atom. The van der Waals surface area contributed by atoms with Crippen LogP contribution in [0.25, 0.3) is 0 Å². The van der Waals surface area contributed by atoms with Gasteiger partial charge in [-0.05, 0) is 19.1 Å². The van der Waals surface area contributed by atoms with Gasteiger partial charge in [0.25, 0.3) is 5.91 Å². The molecular weight excluding hydrogens is 350 g/mol. The molecule has 0 aromatic heterocycles. The van der Waals surface area contributed by atoms with Crippen LogP contribution in [0.4, 0.5) is 5.69 Å². The van der Waals surface area contributed by atoms with Crippen molar-refractivity contribution in [3.63, 3.8) is 0 Å². The lowest BCUT2D eigenvalue weighted by atomic mass is 10.2. The van der Waals surface area contributed by atoms with Crippen LogP contribution in [0.5, 0.6) is 0 Å². The van der Waals surface area contributed by atoms with E-state index in [0.29, 0.717) is 26.2 Å². The van der Waals surface area contributed by atoms with E-state index in [1.54, 1.807) is 4.90 Å². The SMILES string of the molecule is CC(OC(=O)CN1C(=O)CCC1=O)C(=O)N1CCN(c2ccccc2)CC1. The van der Waals surface area contributed by atoms with Crippen molar-refractivity contribution >= 4 is 29.4 Å². The van der Waals surface area contributed by atoms with Crippen molar-refractivity contribution in [1.29, 1.82) is 0 Å². The van der Waals surface area contributed by atoms with E-state index in [-0.39, 0.29) is 30.6 Å². The molecule has 2 aliphatic rings. The molecule has 0 radical (unpaired) electrons.